The maximum Gasteiger partial charge on any atom is 0.238 e. The Balaban J connectivity index is 1.31. The minimum absolute atomic E-state index is 0.0876. The van der Waals surface area contributed by atoms with Gasteiger partial charge in [-0.25, -0.2) is 0 Å². The first kappa shape index (κ1) is 16.0. The summed E-state index contributed by atoms with van der Waals surface area (Å²) in [5.74, 6) is 0.821. The molecule has 1 atom stereocenters. The fraction of sp³-hybridized carbons (Fsp3) is 0.318. The summed E-state index contributed by atoms with van der Waals surface area (Å²) >= 11 is 1.87. The van der Waals surface area contributed by atoms with Crippen LogP contribution < -0.4 is 5.32 Å². The van der Waals surface area contributed by atoms with Gasteiger partial charge in [0.05, 0.1) is 6.54 Å². The lowest BCUT2D eigenvalue weighted by Gasteiger charge is -2.35. The summed E-state index contributed by atoms with van der Waals surface area (Å²) in [6.07, 6.45) is 3.66. The summed E-state index contributed by atoms with van der Waals surface area (Å²) in [7, 11) is 0. The van der Waals surface area contributed by atoms with E-state index in [1.807, 2.05) is 29.5 Å². The van der Waals surface area contributed by atoms with Gasteiger partial charge in [0.25, 0.3) is 0 Å². The lowest BCUT2D eigenvalue weighted by atomic mass is 9.96. The maximum absolute atomic E-state index is 12.7. The Morgan fingerprint density at radius 3 is 2.81 bits per heavy atom. The van der Waals surface area contributed by atoms with E-state index in [1.54, 1.807) is 0 Å². The predicted molar refractivity (Wildman–Crippen MR) is 108 cm³/mol. The second-order valence-electron chi connectivity index (χ2n) is 7.41. The summed E-state index contributed by atoms with van der Waals surface area (Å²) in [6, 6.07) is 17.1. The largest absolute Gasteiger partial charge is 0.325 e. The Hall–Kier alpha value is -2.17. The highest BCUT2D eigenvalue weighted by atomic mass is 32.1. The summed E-state index contributed by atoms with van der Waals surface area (Å²) in [6.45, 7) is 1.46. The number of benzene rings is 2. The Morgan fingerprint density at radius 2 is 1.96 bits per heavy atom. The van der Waals surface area contributed by atoms with Crippen LogP contribution in [0.4, 0.5) is 5.69 Å². The number of fused-ring (bicyclic) bond motifs is 2. The number of anilines is 1. The monoisotopic (exact) mass is 362 g/mol. The minimum Gasteiger partial charge on any atom is -0.325 e. The summed E-state index contributed by atoms with van der Waals surface area (Å²) in [5, 5.41) is 7.66. The van der Waals surface area contributed by atoms with E-state index in [0.29, 0.717) is 12.6 Å². The van der Waals surface area contributed by atoms with Gasteiger partial charge in [-0.15, -0.1) is 11.3 Å². The molecule has 1 fully saturated rings. The highest BCUT2D eigenvalue weighted by Crippen LogP contribution is 2.48. The topological polar surface area (TPSA) is 32.3 Å². The third-order valence-corrected chi connectivity index (χ3v) is 6.56. The molecule has 0 spiro atoms. The van der Waals surface area contributed by atoms with Gasteiger partial charge in [0.2, 0.25) is 5.91 Å². The fourth-order valence-corrected chi connectivity index (χ4v) is 5.10. The number of nitrogens with zero attached hydrogens (tertiary/aromatic N) is 1. The second-order valence-corrected chi connectivity index (χ2v) is 8.41. The first-order valence-corrected chi connectivity index (χ1v) is 10.2. The van der Waals surface area contributed by atoms with Crippen molar-refractivity contribution in [2.24, 2.45) is 5.92 Å². The molecule has 0 radical (unpaired) electrons. The fourth-order valence-electron chi connectivity index (χ4n) is 4.19. The SMILES string of the molecule is O=C(CN1CCc2sccc2[C@@H]1C1CC1)Nc1ccc2ccccc2c1. The minimum atomic E-state index is 0.0876. The molecule has 1 amide bonds. The van der Waals surface area contributed by atoms with Crippen molar-refractivity contribution in [1.82, 2.24) is 4.90 Å². The quantitative estimate of drug-likeness (QED) is 0.720. The Kier molecular flexibility index (Phi) is 4.03. The number of carbonyl (C=O) groups is 1. The summed E-state index contributed by atoms with van der Waals surface area (Å²) < 4.78 is 0. The highest BCUT2D eigenvalue weighted by molar-refractivity contribution is 7.10. The molecule has 26 heavy (non-hydrogen) atoms. The van der Waals surface area contributed by atoms with Gasteiger partial charge in [0, 0.05) is 23.2 Å². The number of hydrogen-bond donors (Lipinski definition) is 1. The smallest absolute Gasteiger partial charge is 0.238 e. The van der Waals surface area contributed by atoms with Crippen molar-refractivity contribution in [3.8, 4) is 0 Å². The first-order chi connectivity index (χ1) is 12.8. The molecule has 1 N–H and O–H groups in total. The second kappa shape index (κ2) is 6.53. The average molecular weight is 362 g/mol. The van der Waals surface area contributed by atoms with Crippen molar-refractivity contribution in [3.63, 3.8) is 0 Å². The van der Waals surface area contributed by atoms with Gasteiger partial charge in [-0.2, -0.15) is 0 Å². The van der Waals surface area contributed by atoms with Crippen LogP contribution >= 0.6 is 11.3 Å². The molecule has 5 rings (SSSR count). The van der Waals surface area contributed by atoms with Crippen molar-refractivity contribution >= 4 is 33.7 Å². The molecule has 1 aliphatic heterocycles. The van der Waals surface area contributed by atoms with Gasteiger partial charge < -0.3 is 5.32 Å². The van der Waals surface area contributed by atoms with Crippen molar-refractivity contribution in [2.75, 3.05) is 18.4 Å². The van der Waals surface area contributed by atoms with Crippen LogP contribution in [0.2, 0.25) is 0 Å². The third kappa shape index (κ3) is 3.04. The van der Waals surface area contributed by atoms with E-state index in [1.165, 1.54) is 28.7 Å². The first-order valence-electron chi connectivity index (χ1n) is 9.37. The summed E-state index contributed by atoms with van der Waals surface area (Å²) in [5.41, 5.74) is 2.35. The van der Waals surface area contributed by atoms with E-state index >= 15 is 0 Å². The van der Waals surface area contributed by atoms with Crippen molar-refractivity contribution in [3.05, 3.63) is 64.4 Å². The van der Waals surface area contributed by atoms with Crippen LogP contribution in [0.25, 0.3) is 10.8 Å². The van der Waals surface area contributed by atoms with Gasteiger partial charge in [0.1, 0.15) is 0 Å². The number of rotatable bonds is 4. The molecular weight excluding hydrogens is 340 g/mol. The molecule has 0 bridgehead atoms. The van der Waals surface area contributed by atoms with E-state index in [2.05, 4.69) is 45.9 Å². The van der Waals surface area contributed by atoms with Gasteiger partial charge >= 0.3 is 0 Å². The van der Waals surface area contributed by atoms with E-state index in [4.69, 9.17) is 0 Å². The van der Waals surface area contributed by atoms with E-state index in [9.17, 15) is 4.79 Å². The van der Waals surface area contributed by atoms with Crippen LogP contribution in [0.3, 0.4) is 0 Å². The number of amides is 1. The number of nitrogens with one attached hydrogen (secondary N) is 1. The Labute approximate surface area is 157 Å². The molecule has 3 nitrogen and oxygen atoms in total. The van der Waals surface area contributed by atoms with Crippen LogP contribution in [0.1, 0.15) is 29.3 Å². The molecule has 2 heterocycles. The molecule has 0 saturated heterocycles. The molecule has 4 heteroatoms. The maximum atomic E-state index is 12.7. The number of thiophene rings is 1. The molecule has 132 valence electrons. The van der Waals surface area contributed by atoms with Crippen molar-refractivity contribution in [1.29, 1.82) is 0 Å². The zero-order valence-corrected chi connectivity index (χ0v) is 15.5. The van der Waals surface area contributed by atoms with Crippen LogP contribution in [0, 0.1) is 5.92 Å². The zero-order valence-electron chi connectivity index (χ0n) is 14.7. The average Bonchev–Trinajstić information content (AvgIpc) is 3.37. The standard InChI is InChI=1S/C22H22N2OS/c25-21(23-18-8-7-15-3-1-2-4-17(15)13-18)14-24-11-9-20-19(10-12-26-20)22(24)16-5-6-16/h1-4,7-8,10,12-13,16,22H,5-6,9,11,14H2,(H,23,25)/t22-/m0/s1. The van der Waals surface area contributed by atoms with Gasteiger partial charge in [-0.05, 0) is 65.1 Å². The highest BCUT2D eigenvalue weighted by Gasteiger charge is 2.40. The molecule has 0 unspecified atom stereocenters. The lowest BCUT2D eigenvalue weighted by Crippen LogP contribution is -2.41. The van der Waals surface area contributed by atoms with Gasteiger partial charge in [-0.1, -0.05) is 30.3 Å². The van der Waals surface area contributed by atoms with E-state index in [0.717, 1.165) is 30.0 Å². The molecule has 1 saturated carbocycles. The van der Waals surface area contributed by atoms with Gasteiger partial charge in [0.15, 0.2) is 0 Å². The normalized spacial score (nSPS) is 20.1. The van der Waals surface area contributed by atoms with Crippen LogP contribution in [-0.2, 0) is 11.2 Å². The Morgan fingerprint density at radius 1 is 1.12 bits per heavy atom. The van der Waals surface area contributed by atoms with Crippen LogP contribution in [0.15, 0.2) is 53.9 Å². The molecule has 2 aromatic carbocycles. The number of carbonyl (C=O) groups excluding carboxylic acids is 1. The summed E-state index contributed by atoms with van der Waals surface area (Å²) in [4.78, 5) is 16.6. The van der Waals surface area contributed by atoms with Crippen LogP contribution in [-0.4, -0.2) is 23.9 Å². The van der Waals surface area contributed by atoms with Gasteiger partial charge in [-0.3, -0.25) is 9.69 Å². The van der Waals surface area contributed by atoms with Crippen molar-refractivity contribution < 1.29 is 4.79 Å². The molecular formula is C22H22N2OS. The van der Waals surface area contributed by atoms with E-state index < -0.39 is 0 Å². The van der Waals surface area contributed by atoms with Crippen molar-refractivity contribution in [2.45, 2.75) is 25.3 Å². The van der Waals surface area contributed by atoms with Crippen LogP contribution in [0.5, 0.6) is 0 Å². The lowest BCUT2D eigenvalue weighted by molar-refractivity contribution is -0.118. The predicted octanol–water partition coefficient (Wildman–Crippen LogP) is 4.85. The number of hydrogen-bond acceptors (Lipinski definition) is 3. The Bertz CT molecular complexity index is 959. The zero-order chi connectivity index (χ0) is 17.5. The molecule has 2 aliphatic rings. The third-order valence-electron chi connectivity index (χ3n) is 5.57. The molecule has 3 aromatic rings. The molecule has 1 aromatic heterocycles. The molecule has 1 aliphatic carbocycles. The van der Waals surface area contributed by atoms with E-state index in [-0.39, 0.29) is 5.91 Å².